The number of carboxylic acid groups (broad SMARTS) is 1. The van der Waals surface area contributed by atoms with Crippen molar-refractivity contribution in [3.05, 3.63) is 90.0 Å². The molecular weight excluding hydrogens is 835 g/mol. The molecule has 0 amide bonds. The van der Waals surface area contributed by atoms with E-state index in [1.807, 2.05) is 63.2 Å². The molecular formula is C58H83N3O4S. The monoisotopic (exact) mass is 918 g/mol. The number of nitrogens with one attached hydrogen (secondary N) is 1. The van der Waals surface area contributed by atoms with Gasteiger partial charge in [-0.2, -0.15) is 4.31 Å². The summed E-state index contributed by atoms with van der Waals surface area (Å²) in [6.07, 6.45) is 49.4. The lowest BCUT2D eigenvalue weighted by molar-refractivity contribution is -0.172. The maximum atomic E-state index is 13.1. The second-order valence-electron chi connectivity index (χ2n) is 19.4. The van der Waals surface area contributed by atoms with Crippen LogP contribution in [0.1, 0.15) is 134 Å². The van der Waals surface area contributed by atoms with E-state index in [-0.39, 0.29) is 22.1 Å². The molecule has 0 spiro atoms. The highest BCUT2D eigenvalue weighted by Gasteiger charge is 2.65. The van der Waals surface area contributed by atoms with Crippen molar-refractivity contribution in [2.24, 2.45) is 45.8 Å². The number of benzene rings is 2. The maximum absolute atomic E-state index is 13.1. The molecule has 0 aromatic heterocycles. The maximum Gasteiger partial charge on any atom is 0.335 e. The topological polar surface area (TPSA) is 89.9 Å². The van der Waals surface area contributed by atoms with Crippen molar-refractivity contribution >= 4 is 21.6 Å². The van der Waals surface area contributed by atoms with Crippen molar-refractivity contribution in [2.45, 2.75) is 124 Å². The summed E-state index contributed by atoms with van der Waals surface area (Å²) in [7, 11) is -3.30. The summed E-state index contributed by atoms with van der Waals surface area (Å²) in [6.45, 7) is 24.3. The lowest BCUT2D eigenvalue weighted by Crippen LogP contribution is -2.64. The molecule has 4 saturated carbocycles. The summed E-state index contributed by atoms with van der Waals surface area (Å²) in [5, 5.41) is 13.7. The number of fused-ring (bicyclic) bond motifs is 7. The third kappa shape index (κ3) is 12.1. The molecule has 5 aliphatic carbocycles. The van der Waals surface area contributed by atoms with E-state index in [4.69, 9.17) is 0 Å². The first-order chi connectivity index (χ1) is 31.7. The fourth-order valence-corrected chi connectivity index (χ4v) is 15.5. The van der Waals surface area contributed by atoms with Crippen molar-refractivity contribution in [1.29, 1.82) is 0 Å². The van der Waals surface area contributed by atoms with Gasteiger partial charge in [0, 0.05) is 44.8 Å². The zero-order chi connectivity index (χ0) is 49.9. The fraction of sp³-hybridized carbons (Fsp3) is 0.569. The van der Waals surface area contributed by atoms with Gasteiger partial charge in [0.15, 0.2) is 0 Å². The van der Waals surface area contributed by atoms with Crippen LogP contribution in [-0.2, 0) is 15.8 Å². The Morgan fingerprint density at radius 3 is 1.94 bits per heavy atom. The Bertz CT molecular complexity index is 2020. The van der Waals surface area contributed by atoms with Gasteiger partial charge in [0.2, 0.25) is 10.0 Å². The molecule has 4 unspecified atom stereocenters. The van der Waals surface area contributed by atoms with Gasteiger partial charge in [-0.1, -0.05) is 103 Å². The molecule has 5 fully saturated rings. The van der Waals surface area contributed by atoms with Gasteiger partial charge in [0.05, 0.1) is 11.3 Å². The molecule has 6 aliphatic rings. The highest BCUT2D eigenvalue weighted by Crippen LogP contribution is 2.72. The molecule has 8 heteroatoms. The van der Waals surface area contributed by atoms with Crippen molar-refractivity contribution in [3.8, 4) is 51.4 Å². The van der Waals surface area contributed by atoms with Gasteiger partial charge >= 0.3 is 5.97 Å². The minimum atomic E-state index is -3.30. The molecule has 2 aromatic rings. The second kappa shape index (κ2) is 26.1. The standard InChI is InChI=1S/C45H63N3O4S.C3H6.C2H6.4C2H2/c1-42(2)36(33-12-14-34(15-13-33)41(49)50)18-22-44(4)39(42)20-23-43(3)37-19-24-45(21-8-11-38(45)35(37)16-17-40(43)44)46-25-26-47-27-29-48(30-28-47)53(51,52)31-32-9-6-5-7-10-32;1-3-2;5*1-2/h5-7,9-10,12-15,18,35,37-40,46H,8,11,16-17,19-31H2,1-4H3,(H,49,50);3H,1H2,2H3;1-2H3;4*1-2H/t35-,37?,38?,39?,40?,43-,44-,45-;;;;;;/m0....../s1. The normalized spacial score (nSPS) is 30.2. The first-order valence-electron chi connectivity index (χ1n) is 24.1. The van der Waals surface area contributed by atoms with Crippen LogP contribution in [0.3, 0.4) is 0 Å². The summed E-state index contributed by atoms with van der Waals surface area (Å²) in [4.78, 5) is 14.0. The second-order valence-corrected chi connectivity index (χ2v) is 21.4. The highest BCUT2D eigenvalue weighted by molar-refractivity contribution is 7.88. The number of piperazine rings is 1. The van der Waals surface area contributed by atoms with E-state index in [9.17, 15) is 18.3 Å². The number of allylic oxidation sites excluding steroid dienone is 3. The summed E-state index contributed by atoms with van der Waals surface area (Å²) in [6, 6.07) is 17.2. The van der Waals surface area contributed by atoms with Gasteiger partial charge in [-0.3, -0.25) is 4.90 Å². The largest absolute Gasteiger partial charge is 0.478 e. The SMILES string of the molecule is C#C.C#C.C#C.C#C.C=CC.CC.CC1(C)C(c2ccc(C(=O)O)cc2)=CC[C@@]2(C)C1CC[C@@]1(C)C3CC[C@@]4(NCCN5CCN(S(=O)(=O)Cc6ccccc6)CC5)CCCC4[C@H]3CCC12. The molecule has 360 valence electrons. The van der Waals surface area contributed by atoms with Crippen molar-refractivity contribution < 1.29 is 18.3 Å². The molecule has 8 rings (SSSR count). The minimum Gasteiger partial charge on any atom is -0.478 e. The average molecular weight is 918 g/mol. The number of aromatic carboxylic acids is 1. The summed E-state index contributed by atoms with van der Waals surface area (Å²) in [5.74, 6) is 2.96. The van der Waals surface area contributed by atoms with Crippen molar-refractivity contribution in [2.75, 3.05) is 39.3 Å². The molecule has 1 heterocycles. The fourth-order valence-electron chi connectivity index (χ4n) is 14.0. The lowest BCUT2D eigenvalue weighted by Gasteiger charge is -2.68. The molecule has 1 saturated heterocycles. The molecule has 66 heavy (non-hydrogen) atoms. The van der Waals surface area contributed by atoms with Crippen molar-refractivity contribution in [1.82, 2.24) is 14.5 Å². The third-order valence-corrected chi connectivity index (χ3v) is 18.2. The minimum absolute atomic E-state index is 0.0378. The average Bonchev–Trinajstić information content (AvgIpc) is 3.77. The third-order valence-electron chi connectivity index (χ3n) is 16.4. The van der Waals surface area contributed by atoms with Crippen LogP contribution < -0.4 is 5.32 Å². The summed E-state index contributed by atoms with van der Waals surface area (Å²) < 4.78 is 27.9. The van der Waals surface area contributed by atoms with E-state index in [0.717, 1.165) is 61.8 Å². The Hall–Kier alpha value is -4.54. The Kier molecular flexibility index (Phi) is 22.8. The first-order valence-corrected chi connectivity index (χ1v) is 25.7. The van der Waals surface area contributed by atoms with Gasteiger partial charge in [0.1, 0.15) is 0 Å². The van der Waals surface area contributed by atoms with Crippen molar-refractivity contribution in [3.63, 3.8) is 0 Å². The number of carboxylic acids is 1. The van der Waals surface area contributed by atoms with Crippen LogP contribution in [-0.4, -0.2) is 73.5 Å². The molecule has 0 radical (unpaired) electrons. The van der Waals surface area contributed by atoms with Gasteiger partial charge in [0.25, 0.3) is 0 Å². The number of terminal acetylenes is 4. The van der Waals surface area contributed by atoms with Crippen LogP contribution in [0.4, 0.5) is 0 Å². The predicted molar refractivity (Wildman–Crippen MR) is 280 cm³/mol. The quantitative estimate of drug-likeness (QED) is 0.192. The molecule has 2 aromatic carbocycles. The number of sulfonamides is 1. The van der Waals surface area contributed by atoms with Crippen LogP contribution in [0.2, 0.25) is 0 Å². The smallest absolute Gasteiger partial charge is 0.335 e. The number of carbonyl (C=O) groups is 1. The van der Waals surface area contributed by atoms with Gasteiger partial charge in [-0.05, 0) is 139 Å². The highest BCUT2D eigenvalue weighted by atomic mass is 32.2. The molecule has 2 N–H and O–H groups in total. The zero-order valence-corrected chi connectivity index (χ0v) is 42.4. The predicted octanol–water partition coefficient (Wildman–Crippen LogP) is 11.5. The Labute approximate surface area is 403 Å². The number of rotatable bonds is 9. The number of hydrogen-bond acceptors (Lipinski definition) is 5. The summed E-state index contributed by atoms with van der Waals surface area (Å²) >= 11 is 0. The van der Waals surface area contributed by atoms with E-state index in [2.05, 4.69) is 102 Å². The Morgan fingerprint density at radius 2 is 1.36 bits per heavy atom. The molecule has 0 bridgehead atoms. The van der Waals surface area contributed by atoms with Crippen LogP contribution in [0.15, 0.2) is 73.3 Å². The van der Waals surface area contributed by atoms with E-state index >= 15 is 0 Å². The van der Waals surface area contributed by atoms with Crippen LogP contribution in [0.5, 0.6) is 0 Å². The Balaban J connectivity index is 0.00000106. The first kappa shape index (κ1) is 57.6. The van der Waals surface area contributed by atoms with Gasteiger partial charge < -0.3 is 10.4 Å². The molecule has 1 aliphatic heterocycles. The van der Waals surface area contributed by atoms with E-state index in [1.54, 1.807) is 22.5 Å². The number of nitrogens with zero attached hydrogens (tertiary/aromatic N) is 2. The summed E-state index contributed by atoms with van der Waals surface area (Å²) in [5.41, 5.74) is 4.77. The van der Waals surface area contributed by atoms with Crippen LogP contribution >= 0.6 is 0 Å². The van der Waals surface area contributed by atoms with E-state index < -0.39 is 16.0 Å². The van der Waals surface area contributed by atoms with Crippen LogP contribution in [0.25, 0.3) is 5.57 Å². The zero-order valence-electron chi connectivity index (χ0n) is 41.6. The van der Waals surface area contributed by atoms with Gasteiger partial charge in [-0.25, -0.2) is 13.2 Å². The Morgan fingerprint density at radius 1 is 0.773 bits per heavy atom. The molecule has 7 nitrogen and oxygen atoms in total. The molecule has 8 atom stereocenters. The van der Waals surface area contributed by atoms with Crippen LogP contribution in [0, 0.1) is 97.2 Å². The van der Waals surface area contributed by atoms with E-state index in [1.165, 1.54) is 68.9 Å². The number of hydrogen-bond donors (Lipinski definition) is 2. The van der Waals surface area contributed by atoms with E-state index in [0.29, 0.717) is 30.0 Å². The van der Waals surface area contributed by atoms with Gasteiger partial charge in [-0.15, -0.1) is 58.0 Å². The lowest BCUT2D eigenvalue weighted by atomic mass is 9.37.